The van der Waals surface area contributed by atoms with Crippen LogP contribution in [0.3, 0.4) is 0 Å². The molecule has 0 atom stereocenters. The van der Waals surface area contributed by atoms with Crippen LogP contribution in [0.25, 0.3) is 11.0 Å². The van der Waals surface area contributed by atoms with Crippen molar-refractivity contribution in [2.75, 3.05) is 12.4 Å². The van der Waals surface area contributed by atoms with Crippen molar-refractivity contribution in [2.24, 2.45) is 0 Å². The zero-order chi connectivity index (χ0) is 22.0. The molecule has 4 aromatic rings. The molecular weight excluding hydrogens is 425 g/mol. The average molecular weight is 442 g/mol. The molecule has 0 radical (unpaired) electrons. The van der Waals surface area contributed by atoms with Gasteiger partial charge in [0.05, 0.1) is 25.5 Å². The fraction of sp³-hybridized carbons (Fsp3) is 0.143. The fourth-order valence-corrected chi connectivity index (χ4v) is 3.31. The van der Waals surface area contributed by atoms with Crippen molar-refractivity contribution in [1.82, 2.24) is 19.3 Å². The molecule has 2 aromatic carbocycles. The topological polar surface area (TPSA) is 91.0 Å². The van der Waals surface area contributed by atoms with E-state index in [0.29, 0.717) is 27.7 Å². The van der Waals surface area contributed by atoms with Gasteiger partial charge in [-0.05, 0) is 24.3 Å². The third kappa shape index (κ3) is 4.26. The molecule has 0 bridgehead atoms. The van der Waals surface area contributed by atoms with Crippen molar-refractivity contribution < 1.29 is 13.9 Å². The van der Waals surface area contributed by atoms with Crippen LogP contribution in [0.2, 0.25) is 5.02 Å². The Morgan fingerprint density at radius 2 is 2.06 bits per heavy atom. The number of nitrogens with zero attached hydrogens (tertiary/aromatic N) is 4. The first-order valence-electron chi connectivity index (χ1n) is 9.24. The molecule has 0 aliphatic heterocycles. The van der Waals surface area contributed by atoms with Gasteiger partial charge >= 0.3 is 0 Å². The van der Waals surface area contributed by atoms with E-state index in [1.807, 2.05) is 0 Å². The molecule has 2 heterocycles. The molecule has 0 fully saturated rings. The first-order chi connectivity index (χ1) is 15.0. The molecule has 0 saturated carbocycles. The van der Waals surface area contributed by atoms with Gasteiger partial charge < -0.3 is 10.1 Å². The second kappa shape index (κ2) is 8.57. The Bertz CT molecular complexity index is 1330. The first-order valence-corrected chi connectivity index (χ1v) is 9.62. The molecule has 158 valence electrons. The fourth-order valence-electron chi connectivity index (χ4n) is 3.14. The van der Waals surface area contributed by atoms with Crippen molar-refractivity contribution in [1.29, 1.82) is 0 Å². The van der Waals surface area contributed by atoms with E-state index in [9.17, 15) is 14.0 Å². The van der Waals surface area contributed by atoms with Crippen LogP contribution in [0.5, 0.6) is 5.75 Å². The molecule has 0 unspecified atom stereocenters. The summed E-state index contributed by atoms with van der Waals surface area (Å²) in [7, 11) is 1.47. The lowest BCUT2D eigenvalue weighted by atomic mass is 10.2. The monoisotopic (exact) mass is 441 g/mol. The highest BCUT2D eigenvalue weighted by Gasteiger charge is 2.14. The second-order valence-corrected chi connectivity index (χ2v) is 7.14. The summed E-state index contributed by atoms with van der Waals surface area (Å²) in [5, 5.41) is 7.49. The molecule has 2 aromatic heterocycles. The Labute approximate surface area is 180 Å². The minimum absolute atomic E-state index is 0.127. The van der Waals surface area contributed by atoms with E-state index >= 15 is 0 Å². The summed E-state index contributed by atoms with van der Waals surface area (Å²) in [6, 6.07) is 11.1. The van der Waals surface area contributed by atoms with E-state index in [1.54, 1.807) is 36.4 Å². The highest BCUT2D eigenvalue weighted by molar-refractivity contribution is 6.31. The Balaban J connectivity index is 1.56. The van der Waals surface area contributed by atoms with Gasteiger partial charge in [0, 0.05) is 10.6 Å². The number of anilines is 1. The number of methoxy groups -OCH3 is 1. The quantitative estimate of drug-likeness (QED) is 0.496. The lowest BCUT2D eigenvalue weighted by Gasteiger charge is -2.11. The lowest BCUT2D eigenvalue weighted by molar-refractivity contribution is -0.116. The van der Waals surface area contributed by atoms with Gasteiger partial charge in [0.2, 0.25) is 5.91 Å². The number of halogens is 2. The average Bonchev–Trinajstić information content (AvgIpc) is 3.15. The van der Waals surface area contributed by atoms with Crippen LogP contribution in [-0.2, 0) is 17.9 Å². The number of amides is 1. The molecule has 31 heavy (non-hydrogen) atoms. The van der Waals surface area contributed by atoms with E-state index in [2.05, 4.69) is 15.4 Å². The third-order valence-electron chi connectivity index (χ3n) is 4.65. The Hall–Kier alpha value is -3.72. The number of aromatic nitrogens is 4. The highest BCUT2D eigenvalue weighted by Crippen LogP contribution is 2.27. The maximum Gasteiger partial charge on any atom is 0.264 e. The number of rotatable bonds is 6. The maximum absolute atomic E-state index is 13.9. The second-order valence-electron chi connectivity index (χ2n) is 6.70. The van der Waals surface area contributed by atoms with Crippen molar-refractivity contribution in [3.05, 3.63) is 81.7 Å². The van der Waals surface area contributed by atoms with E-state index in [1.165, 1.54) is 34.9 Å². The zero-order valence-electron chi connectivity index (χ0n) is 16.4. The number of benzene rings is 2. The van der Waals surface area contributed by atoms with Gasteiger partial charge in [-0.3, -0.25) is 14.2 Å². The molecular formula is C21H17ClFN5O3. The van der Waals surface area contributed by atoms with E-state index in [-0.39, 0.29) is 24.3 Å². The highest BCUT2D eigenvalue weighted by atomic mass is 35.5. The Morgan fingerprint density at radius 3 is 2.84 bits per heavy atom. The number of hydrogen-bond acceptors (Lipinski definition) is 5. The van der Waals surface area contributed by atoms with E-state index in [4.69, 9.17) is 16.3 Å². The SMILES string of the molecule is COc1ccc(Cl)cc1NC(=O)Cn1cnc2c(cnn2Cc2ccccc2F)c1=O. The zero-order valence-corrected chi connectivity index (χ0v) is 17.1. The van der Waals surface area contributed by atoms with Gasteiger partial charge in [-0.1, -0.05) is 29.8 Å². The molecule has 0 spiro atoms. The van der Waals surface area contributed by atoms with Crippen LogP contribution in [-0.4, -0.2) is 32.3 Å². The molecule has 4 rings (SSSR count). The van der Waals surface area contributed by atoms with Crippen molar-refractivity contribution in [2.45, 2.75) is 13.1 Å². The summed E-state index contributed by atoms with van der Waals surface area (Å²) >= 11 is 5.97. The van der Waals surface area contributed by atoms with Crippen molar-refractivity contribution >= 4 is 34.2 Å². The van der Waals surface area contributed by atoms with Gasteiger partial charge in [-0.2, -0.15) is 5.10 Å². The number of carbonyl (C=O) groups is 1. The number of hydrogen-bond donors (Lipinski definition) is 1. The van der Waals surface area contributed by atoms with E-state index < -0.39 is 11.5 Å². The molecule has 0 aliphatic rings. The predicted molar refractivity (Wildman–Crippen MR) is 114 cm³/mol. The standard InChI is InChI=1S/C21H17ClFN5O3/c1-31-18-7-6-14(22)8-17(18)26-19(29)11-27-12-24-20-15(21(27)30)9-25-28(20)10-13-4-2-3-5-16(13)23/h2-9,12H,10-11H2,1H3,(H,26,29). The molecule has 1 amide bonds. The van der Waals surface area contributed by atoms with Gasteiger partial charge in [0.1, 0.15) is 29.8 Å². The number of nitrogens with one attached hydrogen (secondary N) is 1. The summed E-state index contributed by atoms with van der Waals surface area (Å²) in [6.45, 7) is -0.141. The predicted octanol–water partition coefficient (Wildman–Crippen LogP) is 3.08. The lowest BCUT2D eigenvalue weighted by Crippen LogP contribution is -2.28. The normalized spacial score (nSPS) is 10.9. The smallest absolute Gasteiger partial charge is 0.264 e. The van der Waals surface area contributed by atoms with Gasteiger partial charge in [0.25, 0.3) is 5.56 Å². The van der Waals surface area contributed by atoms with Crippen LogP contribution < -0.4 is 15.6 Å². The van der Waals surface area contributed by atoms with Crippen LogP contribution >= 0.6 is 11.6 Å². The Kier molecular flexibility index (Phi) is 5.68. The number of fused-ring (bicyclic) bond motifs is 1. The molecule has 0 saturated heterocycles. The van der Waals surface area contributed by atoms with Gasteiger partial charge in [-0.15, -0.1) is 0 Å². The molecule has 0 aliphatic carbocycles. The van der Waals surface area contributed by atoms with E-state index in [0.717, 1.165) is 0 Å². The summed E-state index contributed by atoms with van der Waals surface area (Å²) in [4.78, 5) is 29.5. The minimum atomic E-state index is -0.456. The van der Waals surface area contributed by atoms with Crippen LogP contribution in [0.4, 0.5) is 10.1 Å². The van der Waals surface area contributed by atoms with Crippen LogP contribution in [0.15, 0.2) is 59.8 Å². The summed E-state index contributed by atoms with van der Waals surface area (Å²) < 4.78 is 21.7. The Morgan fingerprint density at radius 1 is 1.26 bits per heavy atom. The molecule has 1 N–H and O–H groups in total. The van der Waals surface area contributed by atoms with Crippen molar-refractivity contribution in [3.63, 3.8) is 0 Å². The number of ether oxygens (including phenoxy) is 1. The first kappa shape index (κ1) is 20.5. The van der Waals surface area contributed by atoms with Crippen LogP contribution in [0, 0.1) is 5.82 Å². The number of carbonyl (C=O) groups excluding carboxylic acids is 1. The minimum Gasteiger partial charge on any atom is -0.495 e. The summed E-state index contributed by atoms with van der Waals surface area (Å²) in [6.07, 6.45) is 2.62. The molecule has 10 heteroatoms. The maximum atomic E-state index is 13.9. The molecule has 8 nitrogen and oxygen atoms in total. The van der Waals surface area contributed by atoms with Gasteiger partial charge in [-0.25, -0.2) is 14.1 Å². The van der Waals surface area contributed by atoms with Gasteiger partial charge in [0.15, 0.2) is 5.65 Å². The largest absolute Gasteiger partial charge is 0.495 e. The van der Waals surface area contributed by atoms with Crippen molar-refractivity contribution in [3.8, 4) is 5.75 Å². The summed E-state index contributed by atoms with van der Waals surface area (Å²) in [5.41, 5.74) is 0.688. The third-order valence-corrected chi connectivity index (χ3v) is 4.88. The summed E-state index contributed by atoms with van der Waals surface area (Å²) in [5.74, 6) is -0.386. The van der Waals surface area contributed by atoms with Crippen LogP contribution in [0.1, 0.15) is 5.56 Å².